The number of aryl methyl sites for hydroxylation is 1. The SMILES string of the molecule is Cc1nc(CO[Si](C)(C)C(C)(C)C)ccc1[N+](=O)[O-]. The summed E-state index contributed by atoms with van der Waals surface area (Å²) in [6, 6.07) is 3.16. The topological polar surface area (TPSA) is 65.3 Å². The molecule has 0 aliphatic heterocycles. The van der Waals surface area contributed by atoms with Crippen LogP contribution in [0.3, 0.4) is 0 Å². The highest BCUT2D eigenvalue weighted by atomic mass is 28.4. The van der Waals surface area contributed by atoms with Crippen molar-refractivity contribution in [3.63, 3.8) is 0 Å². The molecule has 0 N–H and O–H groups in total. The Morgan fingerprint density at radius 3 is 2.37 bits per heavy atom. The van der Waals surface area contributed by atoms with Gasteiger partial charge in [-0.2, -0.15) is 0 Å². The van der Waals surface area contributed by atoms with E-state index in [1.165, 1.54) is 6.07 Å². The van der Waals surface area contributed by atoms with Crippen molar-refractivity contribution < 1.29 is 9.35 Å². The van der Waals surface area contributed by atoms with Crippen molar-refractivity contribution in [2.75, 3.05) is 0 Å². The Morgan fingerprint density at radius 2 is 1.95 bits per heavy atom. The number of nitrogens with zero attached hydrogens (tertiary/aromatic N) is 2. The van der Waals surface area contributed by atoms with Gasteiger partial charge in [-0.25, -0.2) is 4.98 Å². The molecule has 6 heteroatoms. The van der Waals surface area contributed by atoms with E-state index < -0.39 is 13.2 Å². The molecule has 0 aliphatic carbocycles. The minimum Gasteiger partial charge on any atom is -0.411 e. The summed E-state index contributed by atoms with van der Waals surface area (Å²) in [7, 11) is -1.81. The molecule has 1 rings (SSSR count). The van der Waals surface area contributed by atoms with E-state index in [0.717, 1.165) is 5.69 Å². The quantitative estimate of drug-likeness (QED) is 0.478. The number of aromatic nitrogens is 1. The van der Waals surface area contributed by atoms with Crippen LogP contribution in [-0.4, -0.2) is 18.2 Å². The highest BCUT2D eigenvalue weighted by molar-refractivity contribution is 6.74. The van der Waals surface area contributed by atoms with Crippen LogP contribution in [0.2, 0.25) is 18.1 Å². The fraction of sp³-hybridized carbons (Fsp3) is 0.615. The fourth-order valence-electron chi connectivity index (χ4n) is 1.35. The highest BCUT2D eigenvalue weighted by Gasteiger charge is 2.37. The number of hydrogen-bond donors (Lipinski definition) is 0. The zero-order valence-electron chi connectivity index (χ0n) is 12.5. The first-order valence-electron chi connectivity index (χ1n) is 6.29. The van der Waals surface area contributed by atoms with Crippen LogP contribution in [-0.2, 0) is 11.0 Å². The van der Waals surface area contributed by atoms with Gasteiger partial charge in [-0.15, -0.1) is 0 Å². The maximum Gasteiger partial charge on any atom is 0.290 e. The minimum absolute atomic E-state index is 0.0519. The van der Waals surface area contributed by atoms with Crippen LogP contribution in [0.25, 0.3) is 0 Å². The van der Waals surface area contributed by atoms with Gasteiger partial charge in [-0.1, -0.05) is 20.8 Å². The number of rotatable bonds is 4. The Morgan fingerprint density at radius 1 is 1.37 bits per heavy atom. The molecule has 0 unspecified atom stereocenters. The standard InChI is InChI=1S/C13H22N2O3Si/c1-10-12(15(16)17)8-7-11(14-10)9-18-19(5,6)13(2,3)4/h7-8H,9H2,1-6H3. The lowest BCUT2D eigenvalue weighted by molar-refractivity contribution is -0.385. The largest absolute Gasteiger partial charge is 0.411 e. The van der Waals surface area contributed by atoms with E-state index in [0.29, 0.717) is 12.3 Å². The Kier molecular flexibility index (Phi) is 4.47. The predicted molar refractivity (Wildman–Crippen MR) is 77.6 cm³/mol. The molecule has 1 aromatic heterocycles. The molecule has 0 amide bonds. The molecule has 19 heavy (non-hydrogen) atoms. The third-order valence-electron chi connectivity index (χ3n) is 3.70. The van der Waals surface area contributed by atoms with E-state index in [-0.39, 0.29) is 10.7 Å². The first-order chi connectivity index (χ1) is 8.54. The summed E-state index contributed by atoms with van der Waals surface area (Å²) in [6.45, 7) is 12.9. The molecule has 0 saturated heterocycles. The Bertz CT molecular complexity index is 481. The molecule has 0 aromatic carbocycles. The van der Waals surface area contributed by atoms with Crippen LogP contribution < -0.4 is 0 Å². The molecule has 1 heterocycles. The predicted octanol–water partition coefficient (Wildman–Crippen LogP) is 3.82. The molecule has 0 radical (unpaired) electrons. The number of nitro groups is 1. The van der Waals surface area contributed by atoms with Crippen LogP contribution in [0.5, 0.6) is 0 Å². The second-order valence-corrected chi connectivity index (χ2v) is 11.0. The van der Waals surface area contributed by atoms with Crippen LogP contribution in [0, 0.1) is 17.0 Å². The van der Waals surface area contributed by atoms with Crippen molar-refractivity contribution in [2.45, 2.75) is 52.4 Å². The molecule has 0 aliphatic rings. The third-order valence-corrected chi connectivity index (χ3v) is 8.18. The van der Waals surface area contributed by atoms with Crippen molar-refractivity contribution in [1.29, 1.82) is 0 Å². The van der Waals surface area contributed by atoms with E-state index in [2.05, 4.69) is 38.8 Å². The van der Waals surface area contributed by atoms with Crippen molar-refractivity contribution in [3.05, 3.63) is 33.6 Å². The van der Waals surface area contributed by atoms with E-state index >= 15 is 0 Å². The van der Waals surface area contributed by atoms with Crippen LogP contribution in [0.4, 0.5) is 5.69 Å². The van der Waals surface area contributed by atoms with E-state index in [1.807, 2.05) is 0 Å². The van der Waals surface area contributed by atoms with E-state index in [9.17, 15) is 10.1 Å². The monoisotopic (exact) mass is 282 g/mol. The summed E-state index contributed by atoms with van der Waals surface area (Å²) in [5.41, 5.74) is 1.23. The van der Waals surface area contributed by atoms with Crippen molar-refractivity contribution in [2.24, 2.45) is 0 Å². The maximum atomic E-state index is 10.7. The zero-order chi connectivity index (χ0) is 14.8. The summed E-state index contributed by atoms with van der Waals surface area (Å²) in [6.07, 6.45) is 0. The Labute approximate surface area is 115 Å². The van der Waals surface area contributed by atoms with Gasteiger partial charge in [-0.3, -0.25) is 10.1 Å². The maximum absolute atomic E-state index is 10.7. The molecule has 0 spiro atoms. The third kappa shape index (κ3) is 3.84. The van der Waals surface area contributed by atoms with Gasteiger partial charge in [0.15, 0.2) is 8.32 Å². The summed E-state index contributed by atoms with van der Waals surface area (Å²) in [4.78, 5) is 14.5. The summed E-state index contributed by atoms with van der Waals surface area (Å²) in [5, 5.41) is 10.9. The molecule has 1 aromatic rings. The molecule has 0 saturated carbocycles. The number of pyridine rings is 1. The van der Waals surface area contributed by atoms with Gasteiger partial charge < -0.3 is 4.43 Å². The highest BCUT2D eigenvalue weighted by Crippen LogP contribution is 2.37. The second kappa shape index (κ2) is 5.38. The molecule has 106 valence electrons. The van der Waals surface area contributed by atoms with Crippen LogP contribution in [0.15, 0.2) is 12.1 Å². The summed E-state index contributed by atoms with van der Waals surface area (Å²) >= 11 is 0. The Hall–Kier alpha value is -1.27. The Balaban J connectivity index is 2.80. The van der Waals surface area contributed by atoms with E-state index in [4.69, 9.17) is 4.43 Å². The van der Waals surface area contributed by atoms with Gasteiger partial charge in [0.25, 0.3) is 5.69 Å². The lowest BCUT2D eigenvalue weighted by atomic mass is 10.2. The smallest absolute Gasteiger partial charge is 0.290 e. The average Bonchev–Trinajstić information content (AvgIpc) is 2.24. The molecular formula is C13H22N2O3Si. The van der Waals surface area contributed by atoms with Gasteiger partial charge in [0.05, 0.1) is 17.2 Å². The van der Waals surface area contributed by atoms with Crippen LogP contribution in [0.1, 0.15) is 32.2 Å². The number of hydrogen-bond acceptors (Lipinski definition) is 4. The van der Waals surface area contributed by atoms with Gasteiger partial charge >= 0.3 is 0 Å². The first kappa shape index (κ1) is 15.8. The van der Waals surface area contributed by atoms with Crippen molar-refractivity contribution >= 4 is 14.0 Å². The molecule has 0 bridgehead atoms. The zero-order valence-corrected chi connectivity index (χ0v) is 13.5. The average molecular weight is 282 g/mol. The lowest BCUT2D eigenvalue weighted by Crippen LogP contribution is -2.40. The van der Waals surface area contributed by atoms with Crippen LogP contribution >= 0.6 is 0 Å². The van der Waals surface area contributed by atoms with Gasteiger partial charge in [0.1, 0.15) is 5.69 Å². The molecule has 0 atom stereocenters. The normalized spacial score (nSPS) is 12.5. The molecular weight excluding hydrogens is 260 g/mol. The minimum atomic E-state index is -1.81. The van der Waals surface area contributed by atoms with Crippen molar-refractivity contribution in [3.8, 4) is 0 Å². The van der Waals surface area contributed by atoms with E-state index in [1.54, 1.807) is 13.0 Å². The van der Waals surface area contributed by atoms with Crippen molar-refractivity contribution in [1.82, 2.24) is 4.98 Å². The summed E-state index contributed by atoms with van der Waals surface area (Å²) in [5.74, 6) is 0. The first-order valence-corrected chi connectivity index (χ1v) is 9.20. The molecule has 5 nitrogen and oxygen atoms in total. The fourth-order valence-corrected chi connectivity index (χ4v) is 2.29. The second-order valence-electron chi connectivity index (χ2n) is 6.21. The van der Waals surface area contributed by atoms with Gasteiger partial charge in [0.2, 0.25) is 0 Å². The molecule has 0 fully saturated rings. The van der Waals surface area contributed by atoms with Gasteiger partial charge in [0, 0.05) is 6.07 Å². The lowest BCUT2D eigenvalue weighted by Gasteiger charge is -2.36. The van der Waals surface area contributed by atoms with Gasteiger partial charge in [-0.05, 0) is 31.1 Å². The summed E-state index contributed by atoms with van der Waals surface area (Å²) < 4.78 is 6.04.